The molecule has 0 bridgehead atoms. The third-order valence-corrected chi connectivity index (χ3v) is 3.28. The van der Waals surface area contributed by atoms with E-state index in [0.29, 0.717) is 0 Å². The van der Waals surface area contributed by atoms with E-state index in [-0.39, 0.29) is 30.6 Å². The number of ether oxygens (including phenoxy) is 1. The molecule has 0 fully saturated rings. The molecule has 0 aliphatic rings. The molecule has 6 heteroatoms. The van der Waals surface area contributed by atoms with Crippen molar-refractivity contribution in [3.63, 3.8) is 0 Å². The number of phenols is 1. The van der Waals surface area contributed by atoms with E-state index in [4.69, 9.17) is 4.74 Å². The first kappa shape index (κ1) is 18.9. The Hall–Kier alpha value is -2.17. The van der Waals surface area contributed by atoms with Gasteiger partial charge in [-0.05, 0) is 31.2 Å². The van der Waals surface area contributed by atoms with Gasteiger partial charge in [-0.1, -0.05) is 18.2 Å². The molecular weight excluding hydrogens is 335 g/mol. The Labute approximate surface area is 147 Å². The van der Waals surface area contributed by atoms with Crippen molar-refractivity contribution < 1.29 is 9.84 Å². The van der Waals surface area contributed by atoms with E-state index in [1.54, 1.807) is 25.3 Å². The van der Waals surface area contributed by atoms with Crippen LogP contribution in [0.3, 0.4) is 0 Å². The molecule has 0 saturated carbocycles. The molecule has 3 aromatic rings. The zero-order chi connectivity index (χ0) is 14.8. The van der Waals surface area contributed by atoms with Crippen LogP contribution in [0.15, 0.2) is 48.5 Å². The van der Waals surface area contributed by atoms with Gasteiger partial charge in [-0.25, -0.2) is 4.98 Å². The van der Waals surface area contributed by atoms with Crippen LogP contribution >= 0.6 is 24.8 Å². The Morgan fingerprint density at radius 2 is 1.78 bits per heavy atom. The average molecular weight is 353 g/mol. The number of nitrogens with zero attached hydrogens (tertiary/aromatic N) is 1. The smallest absolute Gasteiger partial charge is 0.145 e. The Kier molecular flexibility index (Phi) is 6.49. The molecule has 2 aromatic carbocycles. The summed E-state index contributed by atoms with van der Waals surface area (Å²) >= 11 is 0. The van der Waals surface area contributed by atoms with Crippen molar-refractivity contribution in [1.29, 1.82) is 0 Å². The Morgan fingerprint density at radius 1 is 1.04 bits per heavy atom. The van der Waals surface area contributed by atoms with E-state index < -0.39 is 0 Å². The highest BCUT2D eigenvalue weighted by molar-refractivity contribution is 5.96. The normalized spacial score (nSPS) is 9.65. The summed E-state index contributed by atoms with van der Waals surface area (Å²) < 4.78 is 5.38. The zero-order valence-electron chi connectivity index (χ0n) is 12.7. The van der Waals surface area contributed by atoms with Crippen LogP contribution in [0.2, 0.25) is 0 Å². The van der Waals surface area contributed by atoms with Gasteiger partial charge >= 0.3 is 0 Å². The maximum Gasteiger partial charge on any atom is 0.145 e. The average Bonchev–Trinajstić information content (AvgIpc) is 2.46. The minimum Gasteiger partial charge on any atom is -0.508 e. The predicted octanol–water partition coefficient (Wildman–Crippen LogP) is 4.84. The molecule has 2 N–H and O–H groups in total. The molecule has 122 valence electrons. The summed E-state index contributed by atoms with van der Waals surface area (Å²) in [5.41, 5.74) is 3.48. The van der Waals surface area contributed by atoms with Crippen LogP contribution < -0.4 is 10.1 Å². The lowest BCUT2D eigenvalue weighted by Gasteiger charge is -2.12. The molecule has 1 aromatic heterocycles. The molecule has 3 rings (SSSR count). The minimum atomic E-state index is 0. The van der Waals surface area contributed by atoms with Gasteiger partial charge in [0.2, 0.25) is 0 Å². The van der Waals surface area contributed by atoms with Crippen molar-refractivity contribution in [2.45, 2.75) is 6.92 Å². The van der Waals surface area contributed by atoms with Gasteiger partial charge < -0.3 is 15.2 Å². The molecule has 0 aliphatic carbocycles. The van der Waals surface area contributed by atoms with Gasteiger partial charge in [0.25, 0.3) is 0 Å². The Balaban J connectivity index is 0.00000132. The lowest BCUT2D eigenvalue weighted by Crippen LogP contribution is -1.96. The predicted molar refractivity (Wildman–Crippen MR) is 98.9 cm³/mol. The Morgan fingerprint density at radius 3 is 2.48 bits per heavy atom. The molecule has 4 nitrogen and oxygen atoms in total. The maximum atomic E-state index is 9.57. The lowest BCUT2D eigenvalue weighted by atomic mass is 10.1. The number of aryl methyl sites for hydroxylation is 1. The number of nitrogens with one attached hydrogen (secondary N) is 1. The van der Waals surface area contributed by atoms with E-state index >= 15 is 0 Å². The highest BCUT2D eigenvalue weighted by atomic mass is 35.5. The first-order chi connectivity index (χ1) is 10.2. The summed E-state index contributed by atoms with van der Waals surface area (Å²) in [6.07, 6.45) is 0. The van der Waals surface area contributed by atoms with Crippen LogP contribution in [0.4, 0.5) is 11.4 Å². The number of benzene rings is 2. The van der Waals surface area contributed by atoms with Gasteiger partial charge in [-0.15, -0.1) is 24.8 Å². The number of rotatable bonds is 3. The van der Waals surface area contributed by atoms with Gasteiger partial charge in [0.05, 0.1) is 7.11 Å². The molecule has 0 aliphatic heterocycles. The van der Waals surface area contributed by atoms with Crippen molar-refractivity contribution >= 4 is 47.1 Å². The molecule has 1 heterocycles. The lowest BCUT2D eigenvalue weighted by molar-refractivity contribution is 0.419. The summed E-state index contributed by atoms with van der Waals surface area (Å²) in [5, 5.41) is 13.9. The van der Waals surface area contributed by atoms with Crippen molar-refractivity contribution in [1.82, 2.24) is 4.98 Å². The third-order valence-electron chi connectivity index (χ3n) is 3.28. The SMILES string of the molecule is COc1cccc2c(Nc3cccc(O)c3)cc(C)nc12.Cl.Cl. The number of para-hydroxylation sites is 1. The number of anilines is 2. The molecular formula is C17H18Cl2N2O2. The van der Waals surface area contributed by atoms with E-state index in [0.717, 1.165) is 33.7 Å². The van der Waals surface area contributed by atoms with Crippen LogP contribution in [0.1, 0.15) is 5.69 Å². The number of phenolic OH excluding ortho intramolecular Hbond substituents is 1. The number of methoxy groups -OCH3 is 1. The quantitative estimate of drug-likeness (QED) is 0.707. The number of aromatic nitrogens is 1. The number of pyridine rings is 1. The summed E-state index contributed by atoms with van der Waals surface area (Å²) in [5.74, 6) is 0.975. The standard InChI is InChI=1S/C17H16N2O2.2ClH/c1-11-9-15(19-12-5-3-6-13(20)10-12)14-7-4-8-16(21-2)17(14)18-11;;/h3-10,20H,1-2H3,(H,18,19);2*1H. The first-order valence-electron chi connectivity index (χ1n) is 6.68. The van der Waals surface area contributed by atoms with Crippen molar-refractivity contribution in [2.75, 3.05) is 12.4 Å². The zero-order valence-corrected chi connectivity index (χ0v) is 14.4. The van der Waals surface area contributed by atoms with Gasteiger partial charge in [0, 0.05) is 28.5 Å². The molecule has 0 atom stereocenters. The molecule has 0 saturated heterocycles. The number of halogens is 2. The van der Waals surface area contributed by atoms with E-state index in [9.17, 15) is 5.11 Å². The number of hydrogen-bond acceptors (Lipinski definition) is 4. The van der Waals surface area contributed by atoms with Crippen molar-refractivity contribution in [3.05, 3.63) is 54.2 Å². The summed E-state index contributed by atoms with van der Waals surface area (Å²) in [6, 6.07) is 14.8. The second kappa shape index (κ2) is 7.90. The van der Waals surface area contributed by atoms with E-state index in [1.807, 2.05) is 37.3 Å². The monoisotopic (exact) mass is 352 g/mol. The van der Waals surface area contributed by atoms with Crippen LogP contribution in [-0.2, 0) is 0 Å². The van der Waals surface area contributed by atoms with Crippen LogP contribution in [0.25, 0.3) is 10.9 Å². The van der Waals surface area contributed by atoms with Gasteiger partial charge in [0.1, 0.15) is 17.0 Å². The fourth-order valence-electron chi connectivity index (χ4n) is 2.36. The van der Waals surface area contributed by atoms with Crippen LogP contribution in [0, 0.1) is 6.92 Å². The summed E-state index contributed by atoms with van der Waals surface area (Å²) in [6.45, 7) is 1.94. The fourth-order valence-corrected chi connectivity index (χ4v) is 2.36. The maximum absolute atomic E-state index is 9.57. The number of hydrogen-bond donors (Lipinski definition) is 2. The van der Waals surface area contributed by atoms with E-state index in [2.05, 4.69) is 10.3 Å². The van der Waals surface area contributed by atoms with Crippen molar-refractivity contribution in [2.24, 2.45) is 0 Å². The molecule has 0 spiro atoms. The topological polar surface area (TPSA) is 54.4 Å². The first-order valence-corrected chi connectivity index (χ1v) is 6.68. The summed E-state index contributed by atoms with van der Waals surface area (Å²) in [7, 11) is 1.64. The largest absolute Gasteiger partial charge is 0.508 e. The highest BCUT2D eigenvalue weighted by Crippen LogP contribution is 2.32. The molecule has 0 radical (unpaired) electrons. The minimum absolute atomic E-state index is 0. The van der Waals surface area contributed by atoms with Gasteiger partial charge in [-0.2, -0.15) is 0 Å². The van der Waals surface area contributed by atoms with Gasteiger partial charge in [-0.3, -0.25) is 0 Å². The van der Waals surface area contributed by atoms with Crippen molar-refractivity contribution in [3.8, 4) is 11.5 Å². The molecule has 0 amide bonds. The highest BCUT2D eigenvalue weighted by Gasteiger charge is 2.08. The van der Waals surface area contributed by atoms with Gasteiger partial charge in [0.15, 0.2) is 0 Å². The molecule has 23 heavy (non-hydrogen) atoms. The third kappa shape index (κ3) is 3.97. The Bertz CT molecular complexity index is 810. The molecule has 0 unspecified atom stereocenters. The van der Waals surface area contributed by atoms with Crippen LogP contribution in [-0.4, -0.2) is 17.2 Å². The fraction of sp³-hybridized carbons (Fsp3) is 0.118. The number of fused-ring (bicyclic) bond motifs is 1. The second-order valence-corrected chi connectivity index (χ2v) is 4.84. The summed E-state index contributed by atoms with van der Waals surface area (Å²) in [4.78, 5) is 4.55. The van der Waals surface area contributed by atoms with E-state index in [1.165, 1.54) is 0 Å². The second-order valence-electron chi connectivity index (χ2n) is 4.84. The number of aromatic hydroxyl groups is 1. The van der Waals surface area contributed by atoms with Crippen LogP contribution in [0.5, 0.6) is 11.5 Å².